The van der Waals surface area contributed by atoms with E-state index < -0.39 is 5.91 Å². The predicted octanol–water partition coefficient (Wildman–Crippen LogP) is 4.54. The second-order valence-electron chi connectivity index (χ2n) is 5.34. The predicted molar refractivity (Wildman–Crippen MR) is 96.3 cm³/mol. The Morgan fingerprint density at radius 2 is 1.42 bits per heavy atom. The van der Waals surface area contributed by atoms with Gasteiger partial charge in [-0.3, -0.25) is 10.0 Å². The van der Waals surface area contributed by atoms with E-state index >= 15 is 0 Å². The van der Waals surface area contributed by atoms with Crippen molar-refractivity contribution in [1.82, 2.24) is 5.48 Å². The van der Waals surface area contributed by atoms with Crippen molar-refractivity contribution in [3.05, 3.63) is 90.5 Å². The standard InChI is InChI=1S/C21H17NO2/c23-21(22-24)14-13-18-11-12-19(16-7-3-1-4-8-16)15-20(18)17-9-5-2-6-10-17/h1-15,24H,(H,22,23). The number of hydrogen-bond donors (Lipinski definition) is 2. The van der Waals surface area contributed by atoms with Crippen molar-refractivity contribution in [2.75, 3.05) is 0 Å². The maximum absolute atomic E-state index is 11.3. The maximum Gasteiger partial charge on any atom is 0.267 e. The van der Waals surface area contributed by atoms with Crippen molar-refractivity contribution in [1.29, 1.82) is 0 Å². The molecule has 0 aromatic heterocycles. The molecule has 0 heterocycles. The molecular formula is C21H17NO2. The summed E-state index contributed by atoms with van der Waals surface area (Å²) in [6.07, 6.45) is 3.01. The van der Waals surface area contributed by atoms with Gasteiger partial charge in [-0.2, -0.15) is 0 Å². The van der Waals surface area contributed by atoms with Gasteiger partial charge in [-0.1, -0.05) is 72.8 Å². The van der Waals surface area contributed by atoms with Crippen molar-refractivity contribution in [3.63, 3.8) is 0 Å². The van der Waals surface area contributed by atoms with Crippen LogP contribution in [-0.4, -0.2) is 11.1 Å². The van der Waals surface area contributed by atoms with Crippen LogP contribution in [0.2, 0.25) is 0 Å². The molecule has 0 saturated heterocycles. The molecule has 2 N–H and O–H groups in total. The first-order chi connectivity index (χ1) is 11.8. The van der Waals surface area contributed by atoms with E-state index in [2.05, 4.69) is 18.2 Å². The quantitative estimate of drug-likeness (QED) is 0.422. The Morgan fingerprint density at radius 3 is 2.04 bits per heavy atom. The van der Waals surface area contributed by atoms with Gasteiger partial charge in [0.15, 0.2) is 0 Å². The topological polar surface area (TPSA) is 49.3 Å². The average molecular weight is 315 g/mol. The number of amides is 1. The van der Waals surface area contributed by atoms with Crippen LogP contribution in [0, 0.1) is 0 Å². The zero-order valence-electron chi connectivity index (χ0n) is 13.0. The van der Waals surface area contributed by atoms with Crippen LogP contribution >= 0.6 is 0 Å². The van der Waals surface area contributed by atoms with Gasteiger partial charge in [-0.15, -0.1) is 0 Å². The lowest BCUT2D eigenvalue weighted by molar-refractivity contribution is -0.124. The number of hydroxylamine groups is 1. The fourth-order valence-electron chi connectivity index (χ4n) is 2.58. The molecule has 0 unspecified atom stereocenters. The summed E-state index contributed by atoms with van der Waals surface area (Å²) >= 11 is 0. The first-order valence-corrected chi connectivity index (χ1v) is 7.65. The van der Waals surface area contributed by atoms with E-state index in [0.717, 1.165) is 27.8 Å². The van der Waals surface area contributed by atoms with Gasteiger partial charge in [-0.25, -0.2) is 5.48 Å². The zero-order valence-corrected chi connectivity index (χ0v) is 13.0. The van der Waals surface area contributed by atoms with Crippen molar-refractivity contribution < 1.29 is 10.0 Å². The molecule has 1 amide bonds. The third-order valence-electron chi connectivity index (χ3n) is 3.77. The van der Waals surface area contributed by atoms with Crippen LogP contribution in [0.4, 0.5) is 0 Å². The normalized spacial score (nSPS) is 10.7. The number of carbonyl (C=O) groups excluding carboxylic acids is 1. The van der Waals surface area contributed by atoms with Crippen LogP contribution in [-0.2, 0) is 4.79 Å². The number of hydrogen-bond acceptors (Lipinski definition) is 2. The Kier molecular flexibility index (Phi) is 4.84. The molecule has 0 aliphatic heterocycles. The summed E-state index contributed by atoms with van der Waals surface area (Å²) in [6, 6.07) is 26.3. The third-order valence-corrected chi connectivity index (χ3v) is 3.77. The summed E-state index contributed by atoms with van der Waals surface area (Å²) < 4.78 is 0. The molecule has 0 aliphatic carbocycles. The number of rotatable bonds is 4. The van der Waals surface area contributed by atoms with Gasteiger partial charge in [0, 0.05) is 6.08 Å². The fourth-order valence-corrected chi connectivity index (χ4v) is 2.58. The Bertz CT molecular complexity index is 856. The van der Waals surface area contributed by atoms with E-state index in [1.165, 1.54) is 6.08 Å². The van der Waals surface area contributed by atoms with Gasteiger partial charge in [0.2, 0.25) is 0 Å². The molecule has 0 spiro atoms. The second kappa shape index (κ2) is 7.40. The van der Waals surface area contributed by atoms with E-state index in [1.807, 2.05) is 60.7 Å². The van der Waals surface area contributed by atoms with Gasteiger partial charge in [0.05, 0.1) is 0 Å². The molecule has 0 aliphatic rings. The summed E-state index contributed by atoms with van der Waals surface area (Å²) in [6.45, 7) is 0. The minimum Gasteiger partial charge on any atom is -0.288 e. The Balaban J connectivity index is 2.09. The molecular weight excluding hydrogens is 298 g/mol. The SMILES string of the molecule is O=C(C=Cc1ccc(-c2ccccc2)cc1-c1ccccc1)NO. The van der Waals surface area contributed by atoms with Crippen molar-refractivity contribution in [3.8, 4) is 22.3 Å². The molecule has 24 heavy (non-hydrogen) atoms. The summed E-state index contributed by atoms with van der Waals surface area (Å²) in [4.78, 5) is 11.3. The summed E-state index contributed by atoms with van der Waals surface area (Å²) in [5.74, 6) is -0.554. The van der Waals surface area contributed by atoms with Gasteiger partial charge >= 0.3 is 0 Å². The Labute approximate surface area is 140 Å². The molecule has 3 rings (SSSR count). The fraction of sp³-hybridized carbons (Fsp3) is 0. The summed E-state index contributed by atoms with van der Waals surface area (Å²) in [7, 11) is 0. The molecule has 0 bridgehead atoms. The largest absolute Gasteiger partial charge is 0.288 e. The molecule has 0 saturated carbocycles. The highest BCUT2D eigenvalue weighted by atomic mass is 16.5. The van der Waals surface area contributed by atoms with Crippen LogP contribution in [0.15, 0.2) is 84.9 Å². The van der Waals surface area contributed by atoms with Gasteiger partial charge in [0.1, 0.15) is 0 Å². The molecule has 3 aromatic rings. The molecule has 3 nitrogen and oxygen atoms in total. The smallest absolute Gasteiger partial charge is 0.267 e. The van der Waals surface area contributed by atoms with Crippen LogP contribution in [0.25, 0.3) is 28.3 Å². The van der Waals surface area contributed by atoms with Crippen molar-refractivity contribution >= 4 is 12.0 Å². The van der Waals surface area contributed by atoms with Gasteiger partial charge in [-0.05, 0) is 40.0 Å². The van der Waals surface area contributed by atoms with E-state index in [1.54, 1.807) is 11.6 Å². The Morgan fingerprint density at radius 1 is 0.792 bits per heavy atom. The zero-order chi connectivity index (χ0) is 16.8. The van der Waals surface area contributed by atoms with Crippen molar-refractivity contribution in [2.24, 2.45) is 0 Å². The van der Waals surface area contributed by atoms with Gasteiger partial charge in [0.25, 0.3) is 5.91 Å². The minimum atomic E-state index is -0.554. The molecule has 3 heteroatoms. The second-order valence-corrected chi connectivity index (χ2v) is 5.34. The number of benzene rings is 3. The highest BCUT2D eigenvalue weighted by Gasteiger charge is 2.06. The number of nitrogens with one attached hydrogen (secondary N) is 1. The van der Waals surface area contributed by atoms with Crippen LogP contribution in [0.3, 0.4) is 0 Å². The first-order valence-electron chi connectivity index (χ1n) is 7.65. The molecule has 0 fully saturated rings. The monoisotopic (exact) mass is 315 g/mol. The van der Waals surface area contributed by atoms with Crippen molar-refractivity contribution in [2.45, 2.75) is 0 Å². The average Bonchev–Trinajstić information content (AvgIpc) is 2.67. The lowest BCUT2D eigenvalue weighted by atomic mass is 9.94. The summed E-state index contributed by atoms with van der Waals surface area (Å²) in [5.41, 5.74) is 6.86. The first kappa shape index (κ1) is 15.7. The lowest BCUT2D eigenvalue weighted by Crippen LogP contribution is -2.14. The molecule has 0 radical (unpaired) electrons. The van der Waals surface area contributed by atoms with Crippen LogP contribution < -0.4 is 5.48 Å². The van der Waals surface area contributed by atoms with Gasteiger partial charge < -0.3 is 0 Å². The van der Waals surface area contributed by atoms with E-state index in [0.29, 0.717) is 0 Å². The van der Waals surface area contributed by atoms with Crippen LogP contribution in [0.1, 0.15) is 5.56 Å². The molecule has 118 valence electrons. The van der Waals surface area contributed by atoms with E-state index in [4.69, 9.17) is 5.21 Å². The van der Waals surface area contributed by atoms with Crippen LogP contribution in [0.5, 0.6) is 0 Å². The highest BCUT2D eigenvalue weighted by molar-refractivity contribution is 5.92. The highest BCUT2D eigenvalue weighted by Crippen LogP contribution is 2.30. The van der Waals surface area contributed by atoms with E-state index in [9.17, 15) is 4.79 Å². The van der Waals surface area contributed by atoms with E-state index in [-0.39, 0.29) is 0 Å². The maximum atomic E-state index is 11.3. The third kappa shape index (κ3) is 3.59. The molecule has 3 aromatic carbocycles. The molecule has 0 atom stereocenters. The summed E-state index contributed by atoms with van der Waals surface area (Å²) in [5, 5.41) is 8.64. The Hall–Kier alpha value is -3.17. The lowest BCUT2D eigenvalue weighted by Gasteiger charge is -2.10. The minimum absolute atomic E-state index is 0.554. The number of carbonyl (C=O) groups is 1.